The van der Waals surface area contributed by atoms with Crippen molar-refractivity contribution in [3.8, 4) is 0 Å². The van der Waals surface area contributed by atoms with Crippen molar-refractivity contribution in [1.82, 2.24) is 0 Å². The summed E-state index contributed by atoms with van der Waals surface area (Å²) in [5.41, 5.74) is 1.69. The van der Waals surface area contributed by atoms with Crippen LogP contribution < -0.4 is 5.32 Å². The number of hydrogen-bond acceptors (Lipinski definition) is 3. The van der Waals surface area contributed by atoms with Gasteiger partial charge in [-0.1, -0.05) is 18.2 Å². The molecule has 0 unspecified atom stereocenters. The van der Waals surface area contributed by atoms with E-state index in [1.54, 1.807) is 18.2 Å². The summed E-state index contributed by atoms with van der Waals surface area (Å²) in [7, 11) is 0. The highest BCUT2D eigenvalue weighted by atomic mass is 79.9. The molecule has 2 N–H and O–H groups in total. The van der Waals surface area contributed by atoms with Gasteiger partial charge >= 0.3 is 5.97 Å². The van der Waals surface area contributed by atoms with Gasteiger partial charge in [0, 0.05) is 4.47 Å². The third-order valence-corrected chi connectivity index (χ3v) is 4.53. The molecule has 0 saturated carbocycles. The molecule has 2 heterocycles. The molecule has 21 heavy (non-hydrogen) atoms. The zero-order valence-electron chi connectivity index (χ0n) is 11.2. The summed E-state index contributed by atoms with van der Waals surface area (Å²) in [4.78, 5) is 23.8. The SMILES string of the molecule is Cc1ccc(NC(=O)[C@@H]2[C@@H](C(=O)O)[C@@H]3C=C[C@H]2O3)c(Br)c1. The molecule has 6 heteroatoms. The highest BCUT2D eigenvalue weighted by molar-refractivity contribution is 9.10. The Morgan fingerprint density at radius 1 is 1.24 bits per heavy atom. The van der Waals surface area contributed by atoms with Gasteiger partial charge in [0.05, 0.1) is 23.8 Å². The Morgan fingerprint density at radius 2 is 1.90 bits per heavy atom. The molecule has 5 nitrogen and oxygen atoms in total. The molecule has 3 rings (SSSR count). The maximum atomic E-state index is 12.4. The highest BCUT2D eigenvalue weighted by Crippen LogP contribution is 2.40. The Labute approximate surface area is 130 Å². The third kappa shape index (κ3) is 2.49. The number of carbonyl (C=O) groups is 2. The van der Waals surface area contributed by atoms with Crippen LogP contribution in [0.5, 0.6) is 0 Å². The average Bonchev–Trinajstić information content (AvgIpc) is 3.02. The molecule has 0 spiro atoms. The third-order valence-electron chi connectivity index (χ3n) is 3.87. The van der Waals surface area contributed by atoms with Crippen LogP contribution in [0.2, 0.25) is 0 Å². The van der Waals surface area contributed by atoms with Gasteiger partial charge in [0.25, 0.3) is 0 Å². The molecule has 1 fully saturated rings. The summed E-state index contributed by atoms with van der Waals surface area (Å²) in [5, 5.41) is 12.1. The minimum absolute atomic E-state index is 0.330. The Morgan fingerprint density at radius 3 is 2.52 bits per heavy atom. The van der Waals surface area contributed by atoms with Crippen LogP contribution in [0, 0.1) is 18.8 Å². The summed E-state index contributed by atoms with van der Waals surface area (Å²) < 4.78 is 6.27. The van der Waals surface area contributed by atoms with Gasteiger partial charge in [0.1, 0.15) is 5.92 Å². The number of carbonyl (C=O) groups excluding carboxylic acids is 1. The fourth-order valence-electron chi connectivity index (χ4n) is 2.85. The monoisotopic (exact) mass is 351 g/mol. The largest absolute Gasteiger partial charge is 0.481 e. The average molecular weight is 352 g/mol. The second-order valence-corrected chi connectivity index (χ2v) is 6.17. The summed E-state index contributed by atoms with van der Waals surface area (Å²) in [6.45, 7) is 1.95. The predicted octanol–water partition coefficient (Wildman–Crippen LogP) is 2.35. The van der Waals surface area contributed by atoms with Gasteiger partial charge < -0.3 is 15.2 Å². The van der Waals surface area contributed by atoms with Gasteiger partial charge in [-0.3, -0.25) is 9.59 Å². The molecule has 2 aliphatic heterocycles. The van der Waals surface area contributed by atoms with E-state index >= 15 is 0 Å². The first-order valence-electron chi connectivity index (χ1n) is 6.61. The van der Waals surface area contributed by atoms with E-state index in [-0.39, 0.29) is 5.91 Å². The number of anilines is 1. The number of amides is 1. The van der Waals surface area contributed by atoms with Crippen molar-refractivity contribution in [3.05, 3.63) is 40.4 Å². The lowest BCUT2D eigenvalue weighted by molar-refractivity contribution is -0.145. The second-order valence-electron chi connectivity index (χ2n) is 5.31. The van der Waals surface area contributed by atoms with Crippen molar-refractivity contribution in [1.29, 1.82) is 0 Å². The van der Waals surface area contributed by atoms with Crippen molar-refractivity contribution in [2.75, 3.05) is 5.32 Å². The Bertz CT molecular complexity index is 643. The Hall–Kier alpha value is -1.66. The van der Waals surface area contributed by atoms with Crippen LogP contribution in [0.1, 0.15) is 5.56 Å². The Balaban J connectivity index is 1.82. The maximum absolute atomic E-state index is 12.4. The van der Waals surface area contributed by atoms with E-state index in [4.69, 9.17) is 4.74 Å². The number of halogens is 1. The van der Waals surface area contributed by atoms with Gasteiger partial charge in [-0.2, -0.15) is 0 Å². The van der Waals surface area contributed by atoms with E-state index in [0.717, 1.165) is 10.0 Å². The van der Waals surface area contributed by atoms with E-state index < -0.39 is 30.0 Å². The number of nitrogens with one attached hydrogen (secondary N) is 1. The van der Waals surface area contributed by atoms with Crippen LogP contribution in [0.4, 0.5) is 5.69 Å². The molecule has 2 aliphatic rings. The minimum Gasteiger partial charge on any atom is -0.481 e. The number of ether oxygens (including phenoxy) is 1. The lowest BCUT2D eigenvalue weighted by atomic mass is 9.82. The second kappa shape index (κ2) is 5.27. The summed E-state index contributed by atoms with van der Waals surface area (Å²) in [5.74, 6) is -2.87. The standard InChI is InChI=1S/C15H14BrNO4/c1-7-2-3-9(8(16)6-7)17-14(18)12-10-4-5-11(21-10)13(12)15(19)20/h2-6,10-13H,1H3,(H,17,18)(H,19,20)/t10-,11+,12+,13+/m1/s1. The molecule has 4 atom stereocenters. The maximum Gasteiger partial charge on any atom is 0.310 e. The van der Waals surface area contributed by atoms with E-state index in [1.807, 2.05) is 19.1 Å². The summed E-state index contributed by atoms with van der Waals surface area (Å²) in [6, 6.07) is 5.56. The van der Waals surface area contributed by atoms with Gasteiger partial charge in [0.15, 0.2) is 0 Å². The van der Waals surface area contributed by atoms with Crippen LogP contribution in [0.15, 0.2) is 34.8 Å². The number of benzene rings is 1. The topological polar surface area (TPSA) is 75.6 Å². The number of aryl methyl sites for hydroxylation is 1. The van der Waals surface area contributed by atoms with E-state index in [9.17, 15) is 14.7 Å². The molecule has 110 valence electrons. The molecular weight excluding hydrogens is 338 g/mol. The normalized spacial score (nSPS) is 29.6. The van der Waals surface area contributed by atoms with Crippen LogP contribution in [-0.2, 0) is 14.3 Å². The number of aliphatic carboxylic acids is 1. The Kier molecular flexibility index (Phi) is 3.59. The van der Waals surface area contributed by atoms with Gasteiger partial charge in [-0.05, 0) is 40.5 Å². The number of rotatable bonds is 3. The van der Waals surface area contributed by atoms with Crippen molar-refractivity contribution in [2.45, 2.75) is 19.1 Å². The zero-order valence-corrected chi connectivity index (χ0v) is 12.8. The smallest absolute Gasteiger partial charge is 0.310 e. The fraction of sp³-hybridized carbons (Fsp3) is 0.333. The van der Waals surface area contributed by atoms with Crippen LogP contribution in [0.3, 0.4) is 0 Å². The number of carboxylic acid groups (broad SMARTS) is 1. The lowest BCUT2D eigenvalue weighted by Crippen LogP contribution is -2.39. The molecule has 0 aromatic heterocycles. The predicted molar refractivity (Wildman–Crippen MR) is 79.9 cm³/mol. The van der Waals surface area contributed by atoms with Gasteiger partial charge in [0.2, 0.25) is 5.91 Å². The van der Waals surface area contributed by atoms with Gasteiger partial charge in [-0.15, -0.1) is 0 Å². The van der Waals surface area contributed by atoms with E-state index in [0.29, 0.717) is 5.69 Å². The van der Waals surface area contributed by atoms with Crippen molar-refractivity contribution in [3.63, 3.8) is 0 Å². The zero-order chi connectivity index (χ0) is 15.1. The molecule has 1 saturated heterocycles. The van der Waals surface area contributed by atoms with Crippen LogP contribution in [-0.4, -0.2) is 29.2 Å². The summed E-state index contributed by atoms with van der Waals surface area (Å²) >= 11 is 3.39. The lowest BCUT2D eigenvalue weighted by Gasteiger charge is -2.21. The first kappa shape index (κ1) is 14.3. The molecule has 1 amide bonds. The van der Waals surface area contributed by atoms with E-state index in [1.165, 1.54) is 0 Å². The first-order valence-corrected chi connectivity index (χ1v) is 7.40. The van der Waals surface area contributed by atoms with Crippen LogP contribution >= 0.6 is 15.9 Å². The molecule has 1 aromatic rings. The van der Waals surface area contributed by atoms with Crippen molar-refractivity contribution >= 4 is 33.5 Å². The first-order chi connectivity index (χ1) is 9.97. The van der Waals surface area contributed by atoms with Crippen molar-refractivity contribution < 1.29 is 19.4 Å². The molecule has 1 aromatic carbocycles. The van der Waals surface area contributed by atoms with Gasteiger partial charge in [-0.25, -0.2) is 0 Å². The van der Waals surface area contributed by atoms with Crippen LogP contribution in [0.25, 0.3) is 0 Å². The number of fused-ring (bicyclic) bond motifs is 2. The van der Waals surface area contributed by atoms with Crippen molar-refractivity contribution in [2.24, 2.45) is 11.8 Å². The summed E-state index contributed by atoms with van der Waals surface area (Å²) in [6.07, 6.45) is 2.51. The molecular formula is C15H14BrNO4. The molecule has 0 radical (unpaired) electrons. The quantitative estimate of drug-likeness (QED) is 0.819. The highest BCUT2D eigenvalue weighted by Gasteiger charge is 2.53. The fourth-order valence-corrected chi connectivity index (χ4v) is 3.44. The molecule has 0 aliphatic carbocycles. The minimum atomic E-state index is -1.00. The number of carboxylic acids is 1. The van der Waals surface area contributed by atoms with E-state index in [2.05, 4.69) is 21.2 Å². The number of hydrogen-bond donors (Lipinski definition) is 2. The molecule has 2 bridgehead atoms.